The van der Waals surface area contributed by atoms with E-state index in [0.29, 0.717) is 6.42 Å². The first-order valence-electron chi connectivity index (χ1n) is 7.87. The van der Waals surface area contributed by atoms with Crippen molar-refractivity contribution in [3.05, 3.63) is 29.6 Å². The second kappa shape index (κ2) is 6.92. The minimum Gasteiger partial charge on any atom is -0.348 e. The molecule has 0 radical (unpaired) electrons. The second-order valence-electron chi connectivity index (χ2n) is 5.59. The molecule has 5 heteroatoms. The third kappa shape index (κ3) is 3.47. The fourth-order valence-electron chi connectivity index (χ4n) is 2.66. The number of nitrogens with one attached hydrogen (secondary N) is 1. The van der Waals surface area contributed by atoms with Gasteiger partial charge in [-0.2, -0.15) is 0 Å². The number of thiazole rings is 1. The number of anilines is 2. The molecule has 4 nitrogen and oxygen atoms in total. The van der Waals surface area contributed by atoms with Gasteiger partial charge >= 0.3 is 0 Å². The van der Waals surface area contributed by atoms with Crippen LogP contribution in [0.2, 0.25) is 0 Å². The molecule has 2 aromatic rings. The van der Waals surface area contributed by atoms with Crippen LogP contribution in [-0.4, -0.2) is 24.0 Å². The van der Waals surface area contributed by atoms with E-state index in [1.807, 2.05) is 31.2 Å². The van der Waals surface area contributed by atoms with Gasteiger partial charge in [0.2, 0.25) is 5.91 Å². The summed E-state index contributed by atoms with van der Waals surface area (Å²) in [4.78, 5) is 18.8. The highest BCUT2D eigenvalue weighted by molar-refractivity contribution is 7.14. The Morgan fingerprint density at radius 3 is 2.95 bits per heavy atom. The van der Waals surface area contributed by atoms with Gasteiger partial charge < -0.3 is 10.2 Å². The molecule has 0 bridgehead atoms. The van der Waals surface area contributed by atoms with Crippen LogP contribution < -0.4 is 10.2 Å². The van der Waals surface area contributed by atoms with Crippen molar-refractivity contribution in [3.8, 4) is 11.3 Å². The van der Waals surface area contributed by atoms with E-state index in [0.717, 1.165) is 41.6 Å². The number of rotatable bonds is 5. The average molecular weight is 315 g/mol. The van der Waals surface area contributed by atoms with Crippen LogP contribution in [0.5, 0.6) is 0 Å². The Morgan fingerprint density at radius 1 is 1.36 bits per heavy atom. The van der Waals surface area contributed by atoms with Gasteiger partial charge in [0.25, 0.3) is 0 Å². The van der Waals surface area contributed by atoms with Crippen LogP contribution in [0.25, 0.3) is 11.3 Å². The zero-order valence-electron chi connectivity index (χ0n) is 12.8. The summed E-state index contributed by atoms with van der Waals surface area (Å²) < 4.78 is 0. The lowest BCUT2D eigenvalue weighted by Crippen LogP contribution is -2.17. The molecule has 1 aliphatic heterocycles. The number of hydrogen-bond acceptors (Lipinski definition) is 4. The first-order chi connectivity index (χ1) is 10.8. The summed E-state index contributed by atoms with van der Waals surface area (Å²) >= 11 is 1.70. The molecule has 1 aromatic heterocycles. The summed E-state index contributed by atoms with van der Waals surface area (Å²) in [6.45, 7) is 4.23. The van der Waals surface area contributed by atoms with Crippen molar-refractivity contribution in [1.29, 1.82) is 0 Å². The molecule has 0 atom stereocenters. The van der Waals surface area contributed by atoms with Crippen molar-refractivity contribution in [1.82, 2.24) is 4.98 Å². The van der Waals surface area contributed by atoms with Gasteiger partial charge in [-0.25, -0.2) is 4.98 Å². The number of carbonyl (C=O) groups is 1. The molecule has 22 heavy (non-hydrogen) atoms. The quantitative estimate of drug-likeness (QED) is 0.901. The topological polar surface area (TPSA) is 45.2 Å². The maximum absolute atomic E-state index is 11.7. The fraction of sp³-hybridized carbons (Fsp3) is 0.412. The Morgan fingerprint density at radius 2 is 2.18 bits per heavy atom. The molecular weight excluding hydrogens is 294 g/mol. The van der Waals surface area contributed by atoms with Crippen molar-refractivity contribution in [2.24, 2.45) is 0 Å². The summed E-state index contributed by atoms with van der Waals surface area (Å²) in [5.74, 6) is 0.0654. The third-order valence-corrected chi connectivity index (χ3v) is 4.69. The summed E-state index contributed by atoms with van der Waals surface area (Å²) in [5, 5.41) is 6.14. The van der Waals surface area contributed by atoms with E-state index in [9.17, 15) is 4.79 Å². The number of carbonyl (C=O) groups excluding carboxylic acids is 1. The molecule has 1 aromatic carbocycles. The smallest absolute Gasteiger partial charge is 0.224 e. The highest BCUT2D eigenvalue weighted by atomic mass is 32.1. The van der Waals surface area contributed by atoms with Crippen molar-refractivity contribution in [3.63, 3.8) is 0 Å². The zero-order valence-corrected chi connectivity index (χ0v) is 13.7. The monoisotopic (exact) mass is 315 g/mol. The summed E-state index contributed by atoms with van der Waals surface area (Å²) in [6, 6.07) is 7.92. The van der Waals surface area contributed by atoms with Crippen LogP contribution in [0.3, 0.4) is 0 Å². The van der Waals surface area contributed by atoms with Crippen molar-refractivity contribution < 1.29 is 4.79 Å². The van der Waals surface area contributed by atoms with Crippen LogP contribution in [0.15, 0.2) is 29.6 Å². The maximum atomic E-state index is 11.7. The lowest BCUT2D eigenvalue weighted by Gasteiger charge is -2.12. The molecule has 1 amide bonds. The Bertz CT molecular complexity index is 647. The van der Waals surface area contributed by atoms with Gasteiger partial charge in [0.15, 0.2) is 5.13 Å². The SMILES string of the molecule is CCCC(=O)Nc1cccc(-c2csc(N3CCCC3)n2)c1. The Hall–Kier alpha value is -1.88. The first-order valence-corrected chi connectivity index (χ1v) is 8.75. The normalized spacial score (nSPS) is 14.3. The van der Waals surface area contributed by atoms with Gasteiger partial charge in [0.05, 0.1) is 5.69 Å². The number of nitrogens with zero attached hydrogens (tertiary/aromatic N) is 2. The summed E-state index contributed by atoms with van der Waals surface area (Å²) in [7, 11) is 0. The molecule has 3 rings (SSSR count). The molecule has 0 spiro atoms. The molecular formula is C17H21N3OS. The van der Waals surface area contributed by atoms with Gasteiger partial charge in [-0.3, -0.25) is 4.79 Å². The standard InChI is InChI=1S/C17H21N3OS/c1-2-6-16(21)18-14-8-5-7-13(11-14)15-12-22-17(19-15)20-9-3-4-10-20/h5,7-8,11-12H,2-4,6,9-10H2,1H3,(H,18,21). The molecule has 0 unspecified atom stereocenters. The van der Waals surface area contributed by atoms with Gasteiger partial charge in [0.1, 0.15) is 0 Å². The second-order valence-corrected chi connectivity index (χ2v) is 6.43. The predicted molar refractivity (Wildman–Crippen MR) is 92.5 cm³/mol. The number of benzene rings is 1. The maximum Gasteiger partial charge on any atom is 0.224 e. The van der Waals surface area contributed by atoms with Crippen LogP contribution in [0.1, 0.15) is 32.6 Å². The largest absolute Gasteiger partial charge is 0.348 e. The fourth-order valence-corrected chi connectivity index (χ4v) is 3.55. The van der Waals surface area contributed by atoms with Crippen LogP contribution >= 0.6 is 11.3 Å². The third-order valence-electron chi connectivity index (χ3n) is 3.79. The molecule has 2 heterocycles. The van der Waals surface area contributed by atoms with E-state index < -0.39 is 0 Å². The first kappa shape index (κ1) is 15.0. The Labute approximate surface area is 135 Å². The van der Waals surface area contributed by atoms with Gasteiger partial charge in [-0.05, 0) is 31.4 Å². The highest BCUT2D eigenvalue weighted by Gasteiger charge is 2.16. The van der Waals surface area contributed by atoms with Crippen molar-refractivity contribution in [2.75, 3.05) is 23.3 Å². The van der Waals surface area contributed by atoms with E-state index in [4.69, 9.17) is 4.98 Å². The molecule has 0 aliphatic carbocycles. The number of hydrogen-bond donors (Lipinski definition) is 1. The number of amides is 1. The minimum absolute atomic E-state index is 0.0654. The van der Waals surface area contributed by atoms with Crippen LogP contribution in [-0.2, 0) is 4.79 Å². The van der Waals surface area contributed by atoms with E-state index in [1.54, 1.807) is 11.3 Å². The molecule has 1 fully saturated rings. The predicted octanol–water partition coefficient (Wildman–Crippen LogP) is 4.15. The van der Waals surface area contributed by atoms with E-state index >= 15 is 0 Å². The highest BCUT2D eigenvalue weighted by Crippen LogP contribution is 2.30. The molecule has 1 aliphatic rings. The van der Waals surface area contributed by atoms with Gasteiger partial charge in [-0.1, -0.05) is 19.1 Å². The van der Waals surface area contributed by atoms with Gasteiger partial charge in [0, 0.05) is 36.1 Å². The summed E-state index contributed by atoms with van der Waals surface area (Å²) in [5.41, 5.74) is 2.88. The van der Waals surface area contributed by atoms with Crippen molar-refractivity contribution >= 4 is 28.1 Å². The lowest BCUT2D eigenvalue weighted by molar-refractivity contribution is -0.116. The minimum atomic E-state index is 0.0654. The Kier molecular flexibility index (Phi) is 4.73. The van der Waals surface area contributed by atoms with Crippen LogP contribution in [0, 0.1) is 0 Å². The number of aromatic nitrogens is 1. The van der Waals surface area contributed by atoms with Gasteiger partial charge in [-0.15, -0.1) is 11.3 Å². The zero-order chi connectivity index (χ0) is 15.4. The van der Waals surface area contributed by atoms with E-state index in [2.05, 4.69) is 15.6 Å². The molecule has 1 saturated heterocycles. The Balaban J connectivity index is 1.75. The van der Waals surface area contributed by atoms with Crippen LogP contribution in [0.4, 0.5) is 10.8 Å². The lowest BCUT2D eigenvalue weighted by atomic mass is 10.1. The molecule has 116 valence electrons. The van der Waals surface area contributed by atoms with E-state index in [-0.39, 0.29) is 5.91 Å². The molecule has 0 saturated carbocycles. The van der Waals surface area contributed by atoms with E-state index in [1.165, 1.54) is 12.8 Å². The summed E-state index contributed by atoms with van der Waals surface area (Å²) in [6.07, 6.45) is 3.93. The average Bonchev–Trinajstić information content (AvgIpc) is 3.19. The van der Waals surface area contributed by atoms with Crippen molar-refractivity contribution in [2.45, 2.75) is 32.6 Å². The molecule has 1 N–H and O–H groups in total.